The molecule has 1 atom stereocenters. The highest BCUT2D eigenvalue weighted by molar-refractivity contribution is 5.92. The Balaban J connectivity index is 1.41. The van der Waals surface area contributed by atoms with Crippen molar-refractivity contribution in [2.45, 2.75) is 26.2 Å². The molecule has 2 aliphatic heterocycles. The Morgan fingerprint density at radius 1 is 1.23 bits per heavy atom. The van der Waals surface area contributed by atoms with Gasteiger partial charge in [-0.3, -0.25) is 9.59 Å². The third kappa shape index (κ3) is 4.83. The minimum absolute atomic E-state index is 0.0410. The zero-order chi connectivity index (χ0) is 18.5. The molecule has 0 bridgehead atoms. The first-order chi connectivity index (χ1) is 12.5. The minimum Gasteiger partial charge on any atom is -0.369 e. The van der Waals surface area contributed by atoms with E-state index < -0.39 is 0 Å². The monoisotopic (exact) mass is 358 g/mol. The van der Waals surface area contributed by atoms with E-state index in [2.05, 4.69) is 27.7 Å². The van der Waals surface area contributed by atoms with E-state index in [1.54, 1.807) is 0 Å². The van der Waals surface area contributed by atoms with Crippen molar-refractivity contribution in [3.8, 4) is 0 Å². The molecule has 2 aliphatic rings. The van der Waals surface area contributed by atoms with Crippen molar-refractivity contribution >= 4 is 17.5 Å². The molecule has 0 radical (unpaired) electrons. The molecule has 1 aromatic carbocycles. The predicted molar refractivity (Wildman–Crippen MR) is 103 cm³/mol. The van der Waals surface area contributed by atoms with E-state index in [9.17, 15) is 9.59 Å². The van der Waals surface area contributed by atoms with Crippen LogP contribution in [0, 0.1) is 17.8 Å². The molecule has 6 nitrogen and oxygen atoms in total. The summed E-state index contributed by atoms with van der Waals surface area (Å²) in [4.78, 5) is 25.9. The first kappa shape index (κ1) is 18.9. The van der Waals surface area contributed by atoms with Crippen molar-refractivity contribution in [1.82, 2.24) is 10.2 Å². The third-order valence-electron chi connectivity index (χ3n) is 5.86. The predicted octanol–water partition coefficient (Wildman–Crippen LogP) is 1.22. The van der Waals surface area contributed by atoms with E-state index >= 15 is 0 Å². The number of anilines is 1. The standard InChI is InChI=1S/C20H30N4O2/c1-14(17-12-22-13-17)20(26)23-18-4-2-15(3-5-18)6-9-24-10-7-16(8-11-24)19(21)25/h2-5,14,16-17,22H,6-13H2,1H3,(H2,21,25)(H,23,26). The fourth-order valence-corrected chi connectivity index (χ4v) is 3.62. The van der Waals surface area contributed by atoms with Crippen LogP contribution < -0.4 is 16.4 Å². The van der Waals surface area contributed by atoms with Gasteiger partial charge in [-0.15, -0.1) is 0 Å². The summed E-state index contributed by atoms with van der Waals surface area (Å²) in [5.74, 6) is 0.478. The summed E-state index contributed by atoms with van der Waals surface area (Å²) in [5, 5.41) is 6.23. The smallest absolute Gasteiger partial charge is 0.227 e. The molecule has 2 fully saturated rings. The zero-order valence-electron chi connectivity index (χ0n) is 15.5. The quantitative estimate of drug-likeness (QED) is 0.684. The summed E-state index contributed by atoms with van der Waals surface area (Å²) in [6.07, 6.45) is 2.71. The molecule has 1 aromatic rings. The summed E-state index contributed by atoms with van der Waals surface area (Å²) < 4.78 is 0. The van der Waals surface area contributed by atoms with Crippen LogP contribution in [0.3, 0.4) is 0 Å². The summed E-state index contributed by atoms with van der Waals surface area (Å²) in [6.45, 7) is 6.74. The third-order valence-corrected chi connectivity index (χ3v) is 5.86. The van der Waals surface area contributed by atoms with Crippen LogP contribution in [0.25, 0.3) is 0 Å². The van der Waals surface area contributed by atoms with Crippen LogP contribution >= 0.6 is 0 Å². The SMILES string of the molecule is CC(C(=O)Nc1ccc(CCN2CCC(C(N)=O)CC2)cc1)C1CNC1. The van der Waals surface area contributed by atoms with E-state index in [4.69, 9.17) is 5.73 Å². The van der Waals surface area contributed by atoms with Crippen LogP contribution in [0.2, 0.25) is 0 Å². The number of nitrogens with two attached hydrogens (primary N) is 1. The number of nitrogens with one attached hydrogen (secondary N) is 2. The van der Waals surface area contributed by atoms with Crippen molar-refractivity contribution in [1.29, 1.82) is 0 Å². The molecule has 0 aromatic heterocycles. The van der Waals surface area contributed by atoms with Crippen LogP contribution in [-0.2, 0) is 16.0 Å². The topological polar surface area (TPSA) is 87.5 Å². The van der Waals surface area contributed by atoms with Gasteiger partial charge in [0.2, 0.25) is 11.8 Å². The van der Waals surface area contributed by atoms with Gasteiger partial charge in [0.1, 0.15) is 0 Å². The van der Waals surface area contributed by atoms with Gasteiger partial charge < -0.3 is 21.3 Å². The van der Waals surface area contributed by atoms with Crippen molar-refractivity contribution in [3.05, 3.63) is 29.8 Å². The molecule has 0 spiro atoms. The fourth-order valence-electron chi connectivity index (χ4n) is 3.62. The average molecular weight is 358 g/mol. The van der Waals surface area contributed by atoms with Gasteiger partial charge in [0, 0.05) is 24.1 Å². The number of likely N-dealkylation sites (tertiary alicyclic amines) is 1. The lowest BCUT2D eigenvalue weighted by molar-refractivity contribution is -0.123. The molecular formula is C20H30N4O2. The maximum absolute atomic E-state index is 12.3. The largest absolute Gasteiger partial charge is 0.369 e. The Labute approximate surface area is 155 Å². The second kappa shape index (κ2) is 8.64. The van der Waals surface area contributed by atoms with E-state index in [0.717, 1.165) is 57.7 Å². The summed E-state index contributed by atoms with van der Waals surface area (Å²) in [6, 6.07) is 8.14. The first-order valence-electron chi connectivity index (χ1n) is 9.65. The number of piperidine rings is 1. The van der Waals surface area contributed by atoms with Gasteiger partial charge >= 0.3 is 0 Å². The van der Waals surface area contributed by atoms with Crippen molar-refractivity contribution in [3.63, 3.8) is 0 Å². The number of primary amides is 1. The number of carbonyl (C=O) groups excluding carboxylic acids is 2. The Bertz CT molecular complexity index is 619. The molecule has 26 heavy (non-hydrogen) atoms. The normalized spacial score (nSPS) is 20.3. The van der Waals surface area contributed by atoms with E-state index in [1.807, 2.05) is 19.1 Å². The molecule has 0 aliphatic carbocycles. The molecule has 2 heterocycles. The number of nitrogens with zero attached hydrogens (tertiary/aromatic N) is 1. The van der Waals surface area contributed by atoms with Gasteiger partial charge in [-0.25, -0.2) is 0 Å². The van der Waals surface area contributed by atoms with Gasteiger partial charge in [0.15, 0.2) is 0 Å². The molecule has 3 rings (SSSR count). The Morgan fingerprint density at radius 3 is 2.42 bits per heavy atom. The second-order valence-electron chi connectivity index (χ2n) is 7.66. The van der Waals surface area contributed by atoms with Crippen molar-refractivity contribution in [2.24, 2.45) is 23.5 Å². The maximum Gasteiger partial charge on any atom is 0.227 e. The first-order valence-corrected chi connectivity index (χ1v) is 9.65. The van der Waals surface area contributed by atoms with Gasteiger partial charge in [-0.2, -0.15) is 0 Å². The lowest BCUT2D eigenvalue weighted by atomic mass is 9.88. The highest BCUT2D eigenvalue weighted by atomic mass is 16.2. The molecular weight excluding hydrogens is 328 g/mol. The van der Waals surface area contributed by atoms with Gasteiger partial charge in [-0.05, 0) is 69.1 Å². The minimum atomic E-state index is -0.162. The highest BCUT2D eigenvalue weighted by Gasteiger charge is 2.28. The summed E-state index contributed by atoms with van der Waals surface area (Å²) >= 11 is 0. The van der Waals surface area contributed by atoms with Crippen LogP contribution in [-0.4, -0.2) is 49.4 Å². The van der Waals surface area contributed by atoms with Crippen molar-refractivity contribution < 1.29 is 9.59 Å². The van der Waals surface area contributed by atoms with E-state index in [0.29, 0.717) is 5.92 Å². The number of carbonyl (C=O) groups is 2. The second-order valence-corrected chi connectivity index (χ2v) is 7.66. The number of rotatable bonds is 7. The molecule has 1 unspecified atom stereocenters. The number of hydrogen-bond donors (Lipinski definition) is 3. The lowest BCUT2D eigenvalue weighted by Gasteiger charge is -2.31. The Kier molecular flexibility index (Phi) is 6.27. The Morgan fingerprint density at radius 2 is 1.88 bits per heavy atom. The van der Waals surface area contributed by atoms with Crippen LogP contribution in [0.4, 0.5) is 5.69 Å². The molecule has 6 heteroatoms. The van der Waals surface area contributed by atoms with Crippen LogP contribution in [0.1, 0.15) is 25.3 Å². The van der Waals surface area contributed by atoms with Gasteiger partial charge in [-0.1, -0.05) is 19.1 Å². The maximum atomic E-state index is 12.3. The fraction of sp³-hybridized carbons (Fsp3) is 0.600. The average Bonchev–Trinajstić information content (AvgIpc) is 2.60. The molecule has 0 saturated carbocycles. The van der Waals surface area contributed by atoms with E-state index in [-0.39, 0.29) is 23.7 Å². The Hall–Kier alpha value is -1.92. The molecule has 4 N–H and O–H groups in total. The summed E-state index contributed by atoms with van der Waals surface area (Å²) in [5.41, 5.74) is 7.50. The van der Waals surface area contributed by atoms with Crippen LogP contribution in [0.5, 0.6) is 0 Å². The molecule has 2 amide bonds. The van der Waals surface area contributed by atoms with Crippen LogP contribution in [0.15, 0.2) is 24.3 Å². The van der Waals surface area contributed by atoms with Gasteiger partial charge in [0.05, 0.1) is 0 Å². The highest BCUT2D eigenvalue weighted by Crippen LogP contribution is 2.20. The van der Waals surface area contributed by atoms with E-state index in [1.165, 1.54) is 5.56 Å². The lowest BCUT2D eigenvalue weighted by Crippen LogP contribution is -2.48. The summed E-state index contributed by atoms with van der Waals surface area (Å²) in [7, 11) is 0. The number of benzene rings is 1. The number of amides is 2. The zero-order valence-corrected chi connectivity index (χ0v) is 15.5. The number of hydrogen-bond acceptors (Lipinski definition) is 4. The van der Waals surface area contributed by atoms with Crippen molar-refractivity contribution in [2.75, 3.05) is 38.0 Å². The van der Waals surface area contributed by atoms with Gasteiger partial charge in [0.25, 0.3) is 0 Å². The molecule has 2 saturated heterocycles. The molecule has 142 valence electrons.